The van der Waals surface area contributed by atoms with E-state index in [-0.39, 0.29) is 11.3 Å². The van der Waals surface area contributed by atoms with Crippen molar-refractivity contribution < 1.29 is 0 Å². The molecule has 0 amide bonds. The molecule has 0 bridgehead atoms. The standard InChI is InChI=1S/C17H26N2/c1-6-14(10-18)11-19-12-15-7-8-16(9-13(15)2)17(3,4)5/h7-9,14,19H,6,11-12H2,1-5H3. The van der Waals surface area contributed by atoms with Gasteiger partial charge in [0.2, 0.25) is 0 Å². The minimum absolute atomic E-state index is 0.120. The SMILES string of the molecule is CCC(C#N)CNCc1ccc(C(C)(C)C)cc1C. The zero-order valence-electron chi connectivity index (χ0n) is 12.9. The van der Waals surface area contributed by atoms with Crippen molar-refractivity contribution in [2.45, 2.75) is 53.0 Å². The van der Waals surface area contributed by atoms with Crippen LogP contribution < -0.4 is 5.32 Å². The van der Waals surface area contributed by atoms with Crippen molar-refractivity contribution >= 4 is 0 Å². The van der Waals surface area contributed by atoms with Crippen molar-refractivity contribution in [3.05, 3.63) is 34.9 Å². The summed E-state index contributed by atoms with van der Waals surface area (Å²) >= 11 is 0. The second kappa shape index (κ2) is 6.73. The monoisotopic (exact) mass is 258 g/mol. The Bertz CT molecular complexity index is 449. The Morgan fingerprint density at radius 3 is 2.47 bits per heavy atom. The lowest BCUT2D eigenvalue weighted by Crippen LogP contribution is -2.21. The van der Waals surface area contributed by atoms with Crippen LogP contribution in [0.2, 0.25) is 0 Å². The van der Waals surface area contributed by atoms with E-state index in [1.807, 2.05) is 0 Å². The van der Waals surface area contributed by atoms with E-state index >= 15 is 0 Å². The van der Waals surface area contributed by atoms with E-state index in [1.165, 1.54) is 16.7 Å². The van der Waals surface area contributed by atoms with Crippen molar-refractivity contribution in [1.29, 1.82) is 5.26 Å². The molecule has 0 aliphatic carbocycles. The molecule has 0 saturated heterocycles. The van der Waals surface area contributed by atoms with Gasteiger partial charge in [-0.25, -0.2) is 0 Å². The van der Waals surface area contributed by atoms with Crippen LogP contribution in [-0.4, -0.2) is 6.54 Å². The van der Waals surface area contributed by atoms with E-state index in [4.69, 9.17) is 5.26 Å². The van der Waals surface area contributed by atoms with Crippen LogP contribution in [0.25, 0.3) is 0 Å². The van der Waals surface area contributed by atoms with E-state index in [0.717, 1.165) is 19.5 Å². The van der Waals surface area contributed by atoms with Crippen LogP contribution >= 0.6 is 0 Å². The number of aryl methyl sites for hydroxylation is 1. The molecule has 1 aromatic carbocycles. The number of nitrogens with one attached hydrogen (secondary N) is 1. The van der Waals surface area contributed by atoms with E-state index in [1.54, 1.807) is 0 Å². The first-order valence-corrected chi connectivity index (χ1v) is 7.08. The first kappa shape index (κ1) is 15.7. The molecular weight excluding hydrogens is 232 g/mol. The summed E-state index contributed by atoms with van der Waals surface area (Å²) in [4.78, 5) is 0. The minimum atomic E-state index is 0.120. The van der Waals surface area contributed by atoms with Crippen LogP contribution in [0.1, 0.15) is 50.8 Å². The van der Waals surface area contributed by atoms with Gasteiger partial charge in [-0.05, 0) is 35.4 Å². The molecule has 0 radical (unpaired) electrons. The zero-order chi connectivity index (χ0) is 14.5. The van der Waals surface area contributed by atoms with Gasteiger partial charge < -0.3 is 5.32 Å². The topological polar surface area (TPSA) is 35.8 Å². The maximum absolute atomic E-state index is 8.91. The van der Waals surface area contributed by atoms with E-state index < -0.39 is 0 Å². The molecule has 0 heterocycles. The predicted molar refractivity (Wildman–Crippen MR) is 81.0 cm³/mol. The highest BCUT2D eigenvalue weighted by atomic mass is 14.9. The fourth-order valence-corrected chi connectivity index (χ4v) is 2.02. The summed E-state index contributed by atoms with van der Waals surface area (Å²) in [5, 5.41) is 12.3. The Hall–Kier alpha value is -1.33. The van der Waals surface area contributed by atoms with Crippen LogP contribution in [0.3, 0.4) is 0 Å². The van der Waals surface area contributed by atoms with E-state index in [9.17, 15) is 0 Å². The third-order valence-corrected chi connectivity index (χ3v) is 3.59. The van der Waals surface area contributed by atoms with Crippen molar-refractivity contribution in [2.75, 3.05) is 6.54 Å². The summed E-state index contributed by atoms with van der Waals surface area (Å²) in [6, 6.07) is 9.01. The van der Waals surface area contributed by atoms with Crippen LogP contribution in [-0.2, 0) is 12.0 Å². The van der Waals surface area contributed by atoms with Gasteiger partial charge >= 0.3 is 0 Å². The quantitative estimate of drug-likeness (QED) is 0.868. The van der Waals surface area contributed by atoms with Crippen LogP contribution in [0.15, 0.2) is 18.2 Å². The minimum Gasteiger partial charge on any atom is -0.311 e. The molecule has 1 unspecified atom stereocenters. The van der Waals surface area contributed by atoms with E-state index in [2.05, 4.69) is 64.2 Å². The smallest absolute Gasteiger partial charge is 0.0669 e. The number of benzene rings is 1. The summed E-state index contributed by atoms with van der Waals surface area (Å²) < 4.78 is 0. The molecule has 1 N–H and O–H groups in total. The molecule has 1 rings (SSSR count). The second-order valence-electron chi connectivity index (χ2n) is 6.26. The van der Waals surface area contributed by atoms with Gasteiger partial charge in [0.1, 0.15) is 0 Å². The van der Waals surface area contributed by atoms with Crippen molar-refractivity contribution in [2.24, 2.45) is 5.92 Å². The summed E-state index contributed by atoms with van der Waals surface area (Å²) in [6.07, 6.45) is 0.908. The zero-order valence-corrected chi connectivity index (χ0v) is 12.9. The van der Waals surface area contributed by atoms with Gasteiger partial charge in [0.15, 0.2) is 0 Å². The van der Waals surface area contributed by atoms with Gasteiger partial charge in [0.05, 0.1) is 12.0 Å². The Balaban J connectivity index is 2.64. The van der Waals surface area contributed by atoms with Gasteiger partial charge in [0.25, 0.3) is 0 Å². The van der Waals surface area contributed by atoms with Crippen molar-refractivity contribution in [1.82, 2.24) is 5.32 Å². The van der Waals surface area contributed by atoms with Crippen LogP contribution in [0, 0.1) is 24.2 Å². The van der Waals surface area contributed by atoms with E-state index in [0.29, 0.717) is 0 Å². The summed E-state index contributed by atoms with van der Waals surface area (Å²) in [5.74, 6) is 0.120. The highest BCUT2D eigenvalue weighted by molar-refractivity contribution is 5.34. The molecule has 19 heavy (non-hydrogen) atoms. The summed E-state index contributed by atoms with van der Waals surface area (Å²) in [5.41, 5.74) is 4.22. The first-order chi connectivity index (χ1) is 8.88. The number of nitriles is 1. The molecule has 0 saturated carbocycles. The Morgan fingerprint density at radius 2 is 2.00 bits per heavy atom. The average Bonchev–Trinajstić information content (AvgIpc) is 2.35. The molecule has 2 nitrogen and oxygen atoms in total. The lowest BCUT2D eigenvalue weighted by atomic mass is 9.85. The average molecular weight is 258 g/mol. The molecule has 0 aliphatic heterocycles. The summed E-state index contributed by atoms with van der Waals surface area (Å²) in [7, 11) is 0. The van der Waals surface area contributed by atoms with Gasteiger partial charge in [0, 0.05) is 13.1 Å². The predicted octanol–water partition coefficient (Wildman–Crippen LogP) is 3.93. The van der Waals surface area contributed by atoms with Gasteiger partial charge in [-0.2, -0.15) is 5.26 Å². The number of rotatable bonds is 5. The van der Waals surface area contributed by atoms with Gasteiger partial charge in [-0.3, -0.25) is 0 Å². The maximum atomic E-state index is 8.91. The fourth-order valence-electron chi connectivity index (χ4n) is 2.02. The van der Waals surface area contributed by atoms with Crippen LogP contribution in [0.5, 0.6) is 0 Å². The third-order valence-electron chi connectivity index (χ3n) is 3.59. The molecule has 104 valence electrons. The lowest BCUT2D eigenvalue weighted by molar-refractivity contribution is 0.551. The molecule has 2 heteroatoms. The molecular formula is C17H26N2. The fraction of sp³-hybridized carbons (Fsp3) is 0.588. The molecule has 1 atom stereocenters. The Morgan fingerprint density at radius 1 is 1.32 bits per heavy atom. The van der Waals surface area contributed by atoms with Crippen molar-refractivity contribution in [3.8, 4) is 6.07 Å². The van der Waals surface area contributed by atoms with Crippen molar-refractivity contribution in [3.63, 3.8) is 0 Å². The van der Waals surface area contributed by atoms with Crippen LogP contribution in [0.4, 0.5) is 0 Å². The maximum Gasteiger partial charge on any atom is 0.0669 e. The first-order valence-electron chi connectivity index (χ1n) is 7.08. The highest BCUT2D eigenvalue weighted by Gasteiger charge is 2.14. The molecule has 1 aromatic rings. The molecule has 0 aliphatic rings. The molecule has 0 fully saturated rings. The number of hydrogen-bond acceptors (Lipinski definition) is 2. The number of hydrogen-bond donors (Lipinski definition) is 1. The number of nitrogens with zero attached hydrogens (tertiary/aromatic N) is 1. The Kier molecular flexibility index (Phi) is 5.57. The van der Waals surface area contributed by atoms with Gasteiger partial charge in [-0.15, -0.1) is 0 Å². The largest absolute Gasteiger partial charge is 0.311 e. The summed E-state index contributed by atoms with van der Waals surface area (Å²) in [6.45, 7) is 12.5. The second-order valence-corrected chi connectivity index (χ2v) is 6.26. The highest BCUT2D eigenvalue weighted by Crippen LogP contribution is 2.24. The molecule has 0 aromatic heterocycles. The van der Waals surface area contributed by atoms with Gasteiger partial charge in [-0.1, -0.05) is 45.9 Å². The molecule has 0 spiro atoms. The normalized spacial score (nSPS) is 13.1. The lowest BCUT2D eigenvalue weighted by Gasteiger charge is -2.20. The third kappa shape index (κ3) is 4.69. The Labute approximate surface area is 117 Å².